The molecule has 2 aromatic rings. The van der Waals surface area contributed by atoms with Gasteiger partial charge in [-0.25, -0.2) is 13.6 Å². The first-order valence-corrected chi connectivity index (χ1v) is 7.76. The molecule has 0 saturated carbocycles. The first-order valence-electron chi connectivity index (χ1n) is 6.22. The fourth-order valence-corrected chi connectivity index (χ4v) is 2.42. The summed E-state index contributed by atoms with van der Waals surface area (Å²) in [5, 5.41) is 8.45. The van der Waals surface area contributed by atoms with Crippen LogP contribution in [0, 0.1) is 0 Å². The summed E-state index contributed by atoms with van der Waals surface area (Å²) in [6, 6.07) is 10.5. The highest BCUT2D eigenvalue weighted by molar-refractivity contribution is 7.89. The van der Waals surface area contributed by atoms with E-state index in [1.54, 1.807) is 24.5 Å². The van der Waals surface area contributed by atoms with Gasteiger partial charge in [0.2, 0.25) is 10.0 Å². The summed E-state index contributed by atoms with van der Waals surface area (Å²) in [5.74, 6) is 0. The third kappa shape index (κ3) is 3.86. The number of aromatic nitrogens is 1. The summed E-state index contributed by atoms with van der Waals surface area (Å²) in [5.41, 5.74) is 1.95. The van der Waals surface area contributed by atoms with E-state index in [1.807, 2.05) is 25.1 Å². The van der Waals surface area contributed by atoms with E-state index < -0.39 is 10.0 Å². The van der Waals surface area contributed by atoms with E-state index in [-0.39, 0.29) is 10.9 Å². The largest absolute Gasteiger partial charge is 0.306 e. The molecule has 3 N–H and O–H groups in total. The predicted molar refractivity (Wildman–Crippen MR) is 77.3 cm³/mol. The lowest BCUT2D eigenvalue weighted by Gasteiger charge is -2.15. The molecule has 0 amide bonds. The SMILES string of the molecule is CC(NCc1cccnc1)c1cccc(S(N)(=O)=O)c1. The molecule has 106 valence electrons. The van der Waals surface area contributed by atoms with Crippen LogP contribution in [0.3, 0.4) is 0 Å². The summed E-state index contributed by atoms with van der Waals surface area (Å²) in [6.45, 7) is 2.63. The highest BCUT2D eigenvalue weighted by atomic mass is 32.2. The molecule has 1 atom stereocenters. The highest BCUT2D eigenvalue weighted by Crippen LogP contribution is 2.17. The molecule has 6 heteroatoms. The molecule has 1 aromatic carbocycles. The zero-order valence-electron chi connectivity index (χ0n) is 11.2. The Labute approximate surface area is 118 Å². The Morgan fingerprint density at radius 3 is 2.75 bits per heavy atom. The zero-order valence-corrected chi connectivity index (χ0v) is 12.0. The number of rotatable bonds is 5. The number of pyridine rings is 1. The van der Waals surface area contributed by atoms with Crippen molar-refractivity contribution in [1.29, 1.82) is 0 Å². The van der Waals surface area contributed by atoms with Crippen LogP contribution in [-0.2, 0) is 16.6 Å². The number of benzene rings is 1. The molecule has 0 fully saturated rings. The van der Waals surface area contributed by atoms with Crippen molar-refractivity contribution < 1.29 is 8.42 Å². The van der Waals surface area contributed by atoms with Gasteiger partial charge in [0.25, 0.3) is 0 Å². The van der Waals surface area contributed by atoms with Crippen LogP contribution >= 0.6 is 0 Å². The Morgan fingerprint density at radius 1 is 1.30 bits per heavy atom. The quantitative estimate of drug-likeness (QED) is 0.876. The van der Waals surface area contributed by atoms with Gasteiger partial charge in [-0.15, -0.1) is 0 Å². The smallest absolute Gasteiger partial charge is 0.238 e. The Hall–Kier alpha value is -1.76. The Balaban J connectivity index is 2.08. The van der Waals surface area contributed by atoms with Gasteiger partial charge in [0.05, 0.1) is 4.90 Å². The summed E-state index contributed by atoms with van der Waals surface area (Å²) in [4.78, 5) is 4.18. The Kier molecular flexibility index (Phi) is 4.49. The molecule has 0 spiro atoms. The first kappa shape index (κ1) is 14.6. The van der Waals surface area contributed by atoms with E-state index in [4.69, 9.17) is 5.14 Å². The summed E-state index contributed by atoms with van der Waals surface area (Å²) in [7, 11) is -3.66. The van der Waals surface area contributed by atoms with Crippen LogP contribution in [0.15, 0.2) is 53.7 Å². The fourth-order valence-electron chi connectivity index (χ4n) is 1.85. The van der Waals surface area contributed by atoms with Gasteiger partial charge in [-0.3, -0.25) is 4.98 Å². The second-order valence-electron chi connectivity index (χ2n) is 4.58. The normalized spacial score (nSPS) is 13.1. The second-order valence-corrected chi connectivity index (χ2v) is 6.14. The number of hydrogen-bond donors (Lipinski definition) is 2. The minimum atomic E-state index is -3.66. The Morgan fingerprint density at radius 2 is 2.10 bits per heavy atom. The predicted octanol–water partition coefficient (Wildman–Crippen LogP) is 1.58. The molecule has 0 saturated heterocycles. The van der Waals surface area contributed by atoms with Crippen LogP contribution in [0.5, 0.6) is 0 Å². The molecule has 2 rings (SSSR count). The van der Waals surface area contributed by atoms with E-state index in [9.17, 15) is 8.42 Å². The lowest BCUT2D eigenvalue weighted by Crippen LogP contribution is -2.19. The van der Waals surface area contributed by atoms with Crippen LogP contribution in [0.2, 0.25) is 0 Å². The second kappa shape index (κ2) is 6.13. The van der Waals surface area contributed by atoms with Crippen LogP contribution in [0.25, 0.3) is 0 Å². The lowest BCUT2D eigenvalue weighted by atomic mass is 10.1. The topological polar surface area (TPSA) is 85.1 Å². The van der Waals surface area contributed by atoms with Crippen molar-refractivity contribution in [2.24, 2.45) is 5.14 Å². The van der Waals surface area contributed by atoms with Crippen LogP contribution in [0.1, 0.15) is 24.1 Å². The number of hydrogen-bond acceptors (Lipinski definition) is 4. The van der Waals surface area contributed by atoms with E-state index in [0.29, 0.717) is 6.54 Å². The van der Waals surface area contributed by atoms with Gasteiger partial charge >= 0.3 is 0 Å². The molecule has 0 aliphatic heterocycles. The van der Waals surface area contributed by atoms with E-state index in [2.05, 4.69) is 10.3 Å². The van der Waals surface area contributed by atoms with Crippen molar-refractivity contribution in [1.82, 2.24) is 10.3 Å². The average Bonchev–Trinajstić information content (AvgIpc) is 2.45. The van der Waals surface area contributed by atoms with Crippen molar-refractivity contribution in [2.45, 2.75) is 24.4 Å². The van der Waals surface area contributed by atoms with Gasteiger partial charge in [0, 0.05) is 25.0 Å². The number of sulfonamides is 1. The molecular formula is C14H17N3O2S. The van der Waals surface area contributed by atoms with Gasteiger partial charge in [0.1, 0.15) is 0 Å². The van der Waals surface area contributed by atoms with E-state index in [1.165, 1.54) is 6.07 Å². The van der Waals surface area contributed by atoms with Crippen molar-refractivity contribution in [2.75, 3.05) is 0 Å². The van der Waals surface area contributed by atoms with Crippen molar-refractivity contribution in [3.63, 3.8) is 0 Å². The molecule has 5 nitrogen and oxygen atoms in total. The van der Waals surface area contributed by atoms with Crippen LogP contribution in [0.4, 0.5) is 0 Å². The molecular weight excluding hydrogens is 274 g/mol. The number of primary sulfonamides is 1. The summed E-state index contributed by atoms with van der Waals surface area (Å²) >= 11 is 0. The maximum Gasteiger partial charge on any atom is 0.238 e. The number of nitrogens with one attached hydrogen (secondary N) is 1. The molecule has 0 bridgehead atoms. The third-order valence-corrected chi connectivity index (χ3v) is 3.93. The van der Waals surface area contributed by atoms with Crippen LogP contribution in [-0.4, -0.2) is 13.4 Å². The number of nitrogens with zero attached hydrogens (tertiary/aromatic N) is 1. The maximum atomic E-state index is 11.3. The van der Waals surface area contributed by atoms with Crippen molar-refractivity contribution in [3.05, 3.63) is 59.9 Å². The van der Waals surface area contributed by atoms with Gasteiger partial charge in [0.15, 0.2) is 0 Å². The summed E-state index contributed by atoms with van der Waals surface area (Å²) < 4.78 is 22.7. The number of nitrogens with two attached hydrogens (primary N) is 1. The molecule has 0 aliphatic carbocycles. The molecule has 1 heterocycles. The minimum absolute atomic E-state index is 0.0110. The summed E-state index contributed by atoms with van der Waals surface area (Å²) in [6.07, 6.45) is 3.52. The van der Waals surface area contributed by atoms with Crippen molar-refractivity contribution >= 4 is 10.0 Å². The van der Waals surface area contributed by atoms with Gasteiger partial charge in [-0.05, 0) is 36.2 Å². The zero-order chi connectivity index (χ0) is 14.6. The molecule has 0 aliphatic rings. The molecule has 0 radical (unpaired) electrons. The maximum absolute atomic E-state index is 11.3. The molecule has 1 aromatic heterocycles. The monoisotopic (exact) mass is 291 g/mol. The van der Waals surface area contributed by atoms with Crippen LogP contribution < -0.4 is 10.5 Å². The highest BCUT2D eigenvalue weighted by Gasteiger charge is 2.11. The molecule has 20 heavy (non-hydrogen) atoms. The fraction of sp³-hybridized carbons (Fsp3) is 0.214. The average molecular weight is 291 g/mol. The first-order chi connectivity index (χ1) is 9.47. The Bertz CT molecular complexity index is 672. The van der Waals surface area contributed by atoms with E-state index >= 15 is 0 Å². The minimum Gasteiger partial charge on any atom is -0.306 e. The lowest BCUT2D eigenvalue weighted by molar-refractivity contribution is 0.571. The molecule has 1 unspecified atom stereocenters. The third-order valence-electron chi connectivity index (χ3n) is 3.02. The van der Waals surface area contributed by atoms with Gasteiger partial charge in [-0.1, -0.05) is 18.2 Å². The van der Waals surface area contributed by atoms with Gasteiger partial charge in [-0.2, -0.15) is 0 Å². The van der Waals surface area contributed by atoms with E-state index in [0.717, 1.165) is 11.1 Å². The standard InChI is InChI=1S/C14H17N3O2S/c1-11(17-10-12-4-3-7-16-9-12)13-5-2-6-14(8-13)20(15,18)19/h2-9,11,17H,10H2,1H3,(H2,15,18,19). The van der Waals surface area contributed by atoms with Crippen molar-refractivity contribution in [3.8, 4) is 0 Å². The van der Waals surface area contributed by atoms with Gasteiger partial charge < -0.3 is 5.32 Å².